The molecule has 0 saturated heterocycles. The van der Waals surface area contributed by atoms with Gasteiger partial charge in [0.1, 0.15) is 5.82 Å². The van der Waals surface area contributed by atoms with E-state index in [9.17, 15) is 4.39 Å². The van der Waals surface area contributed by atoms with Gasteiger partial charge >= 0.3 is 0 Å². The molecule has 1 aromatic carbocycles. The molecule has 4 nitrogen and oxygen atoms in total. The second kappa shape index (κ2) is 5.22. The van der Waals surface area contributed by atoms with Crippen molar-refractivity contribution in [2.75, 3.05) is 0 Å². The van der Waals surface area contributed by atoms with Crippen LogP contribution in [0.2, 0.25) is 0 Å². The maximum absolute atomic E-state index is 13.7. The number of nitrogens with two attached hydrogens (primary N) is 1. The summed E-state index contributed by atoms with van der Waals surface area (Å²) in [5.41, 5.74) is 6.60. The van der Waals surface area contributed by atoms with E-state index in [0.29, 0.717) is 22.3 Å². The van der Waals surface area contributed by atoms with Crippen LogP contribution in [0.5, 0.6) is 0 Å². The Balaban J connectivity index is 2.32. The third kappa shape index (κ3) is 2.53. The van der Waals surface area contributed by atoms with Crippen LogP contribution in [0, 0.1) is 5.82 Å². The highest BCUT2D eigenvalue weighted by Crippen LogP contribution is 2.17. The minimum atomic E-state index is -0.302. The zero-order valence-electron chi connectivity index (χ0n) is 9.35. The SMILES string of the molecule is N/C(=N/O)c1cccn1Cc1ccc(Br)cc1F. The molecule has 0 spiro atoms. The van der Waals surface area contributed by atoms with Crippen LogP contribution in [0.4, 0.5) is 4.39 Å². The molecule has 0 fully saturated rings. The van der Waals surface area contributed by atoms with Gasteiger partial charge in [0.2, 0.25) is 0 Å². The van der Waals surface area contributed by atoms with Crippen molar-refractivity contribution in [2.24, 2.45) is 10.9 Å². The van der Waals surface area contributed by atoms with E-state index in [1.807, 2.05) is 0 Å². The Hall–Kier alpha value is -1.82. The number of aromatic nitrogens is 1. The molecule has 6 heteroatoms. The first kappa shape index (κ1) is 12.6. The van der Waals surface area contributed by atoms with Gasteiger partial charge in [-0.1, -0.05) is 27.2 Å². The monoisotopic (exact) mass is 311 g/mol. The maximum atomic E-state index is 13.7. The molecule has 0 amide bonds. The molecule has 94 valence electrons. The second-order valence-electron chi connectivity index (χ2n) is 3.74. The molecule has 3 N–H and O–H groups in total. The number of benzene rings is 1. The molecule has 0 radical (unpaired) electrons. The normalized spacial score (nSPS) is 11.8. The Kier molecular flexibility index (Phi) is 3.66. The molecular weight excluding hydrogens is 301 g/mol. The topological polar surface area (TPSA) is 63.5 Å². The van der Waals surface area contributed by atoms with Crippen LogP contribution < -0.4 is 5.73 Å². The fourth-order valence-electron chi connectivity index (χ4n) is 1.67. The molecule has 1 aromatic heterocycles. The summed E-state index contributed by atoms with van der Waals surface area (Å²) in [6.07, 6.45) is 1.74. The van der Waals surface area contributed by atoms with Crippen LogP contribution in [0.1, 0.15) is 11.3 Å². The third-order valence-electron chi connectivity index (χ3n) is 2.56. The van der Waals surface area contributed by atoms with Crippen LogP contribution in [0.3, 0.4) is 0 Å². The Morgan fingerprint density at radius 2 is 2.22 bits per heavy atom. The number of oxime groups is 1. The van der Waals surface area contributed by atoms with Crippen LogP contribution in [0.25, 0.3) is 0 Å². The number of rotatable bonds is 3. The minimum absolute atomic E-state index is 0.00230. The van der Waals surface area contributed by atoms with Crippen molar-refractivity contribution in [1.82, 2.24) is 4.57 Å². The van der Waals surface area contributed by atoms with Crippen molar-refractivity contribution in [3.8, 4) is 0 Å². The van der Waals surface area contributed by atoms with Gasteiger partial charge in [-0.15, -0.1) is 0 Å². The lowest BCUT2D eigenvalue weighted by Crippen LogP contribution is -2.18. The van der Waals surface area contributed by atoms with Gasteiger partial charge in [-0.3, -0.25) is 0 Å². The number of amidine groups is 1. The highest BCUT2D eigenvalue weighted by Gasteiger charge is 2.09. The average Bonchev–Trinajstić information content (AvgIpc) is 2.80. The van der Waals surface area contributed by atoms with Gasteiger partial charge in [0.15, 0.2) is 5.84 Å². The minimum Gasteiger partial charge on any atom is -0.409 e. The molecule has 2 rings (SSSR count). The van der Waals surface area contributed by atoms with E-state index >= 15 is 0 Å². The number of hydrogen-bond acceptors (Lipinski definition) is 2. The lowest BCUT2D eigenvalue weighted by atomic mass is 10.2. The van der Waals surface area contributed by atoms with Gasteiger partial charge in [-0.25, -0.2) is 4.39 Å². The molecule has 0 aliphatic heterocycles. The molecule has 2 aromatic rings. The summed E-state index contributed by atoms with van der Waals surface area (Å²) in [7, 11) is 0. The van der Waals surface area contributed by atoms with Gasteiger partial charge < -0.3 is 15.5 Å². The summed E-state index contributed by atoms with van der Waals surface area (Å²) in [5.74, 6) is -0.305. The zero-order chi connectivity index (χ0) is 13.1. The van der Waals surface area contributed by atoms with Gasteiger partial charge in [0, 0.05) is 16.2 Å². The lowest BCUT2D eigenvalue weighted by molar-refractivity contribution is 0.318. The number of nitrogens with zero attached hydrogens (tertiary/aromatic N) is 2. The molecule has 0 aliphatic carbocycles. The number of hydrogen-bond donors (Lipinski definition) is 2. The number of halogens is 2. The molecule has 18 heavy (non-hydrogen) atoms. The van der Waals surface area contributed by atoms with Crippen LogP contribution in [-0.4, -0.2) is 15.6 Å². The standard InChI is InChI=1S/C12H11BrFN3O/c13-9-4-3-8(10(14)6-9)7-17-5-1-2-11(17)12(15)16-18/h1-6,18H,7H2,(H2,15,16). The Morgan fingerprint density at radius 3 is 2.89 bits per heavy atom. The molecule has 0 unspecified atom stereocenters. The molecule has 0 aliphatic rings. The van der Waals surface area contributed by atoms with Crippen LogP contribution in [0.15, 0.2) is 46.2 Å². The van der Waals surface area contributed by atoms with Gasteiger partial charge in [0.05, 0.1) is 12.2 Å². The molecule has 0 atom stereocenters. The molecular formula is C12H11BrFN3O. The van der Waals surface area contributed by atoms with E-state index in [1.165, 1.54) is 6.07 Å². The van der Waals surface area contributed by atoms with E-state index < -0.39 is 0 Å². The predicted octanol–water partition coefficient (Wildman–Crippen LogP) is 2.53. The van der Waals surface area contributed by atoms with Crippen molar-refractivity contribution < 1.29 is 9.60 Å². The summed E-state index contributed by atoms with van der Waals surface area (Å²) in [5, 5.41) is 11.6. The maximum Gasteiger partial charge on any atom is 0.186 e. The van der Waals surface area contributed by atoms with Crippen molar-refractivity contribution in [3.63, 3.8) is 0 Å². The summed E-state index contributed by atoms with van der Waals surface area (Å²) in [4.78, 5) is 0. The van der Waals surface area contributed by atoms with Crippen LogP contribution in [-0.2, 0) is 6.54 Å². The van der Waals surface area contributed by atoms with Crippen molar-refractivity contribution in [2.45, 2.75) is 6.54 Å². The van der Waals surface area contributed by atoms with E-state index in [-0.39, 0.29) is 11.7 Å². The largest absolute Gasteiger partial charge is 0.409 e. The van der Waals surface area contributed by atoms with Crippen molar-refractivity contribution in [1.29, 1.82) is 0 Å². The third-order valence-corrected chi connectivity index (χ3v) is 3.05. The highest BCUT2D eigenvalue weighted by molar-refractivity contribution is 9.10. The first-order valence-corrected chi connectivity index (χ1v) is 5.98. The fraction of sp³-hybridized carbons (Fsp3) is 0.0833. The first-order chi connectivity index (χ1) is 8.61. The molecule has 1 heterocycles. The van der Waals surface area contributed by atoms with E-state index in [0.717, 1.165) is 0 Å². The Labute approximate surface area is 112 Å². The quantitative estimate of drug-likeness (QED) is 0.396. The summed E-state index contributed by atoms with van der Waals surface area (Å²) in [6, 6.07) is 8.32. The van der Waals surface area contributed by atoms with Gasteiger partial charge in [0.25, 0.3) is 0 Å². The lowest BCUT2D eigenvalue weighted by Gasteiger charge is -2.09. The smallest absolute Gasteiger partial charge is 0.186 e. The molecule has 0 bridgehead atoms. The van der Waals surface area contributed by atoms with Crippen LogP contribution >= 0.6 is 15.9 Å². The van der Waals surface area contributed by atoms with Crippen molar-refractivity contribution >= 4 is 21.8 Å². The Bertz CT molecular complexity index is 595. The second-order valence-corrected chi connectivity index (χ2v) is 4.66. The van der Waals surface area contributed by atoms with Gasteiger partial charge in [-0.05, 0) is 24.3 Å². The van der Waals surface area contributed by atoms with E-state index in [2.05, 4.69) is 21.1 Å². The molecule has 0 saturated carbocycles. The summed E-state index contributed by atoms with van der Waals surface area (Å²) in [6.45, 7) is 0.317. The predicted molar refractivity (Wildman–Crippen MR) is 70.1 cm³/mol. The zero-order valence-corrected chi connectivity index (χ0v) is 10.9. The highest BCUT2D eigenvalue weighted by atomic mass is 79.9. The summed E-state index contributed by atoms with van der Waals surface area (Å²) < 4.78 is 16.1. The average molecular weight is 312 g/mol. The van der Waals surface area contributed by atoms with E-state index in [4.69, 9.17) is 10.9 Å². The first-order valence-electron chi connectivity index (χ1n) is 5.19. The fourth-order valence-corrected chi connectivity index (χ4v) is 2.00. The van der Waals surface area contributed by atoms with E-state index in [1.54, 1.807) is 35.0 Å². The Morgan fingerprint density at radius 1 is 1.44 bits per heavy atom. The van der Waals surface area contributed by atoms with Crippen molar-refractivity contribution in [3.05, 3.63) is 58.1 Å². The van der Waals surface area contributed by atoms with Gasteiger partial charge in [-0.2, -0.15) is 0 Å². The summed E-state index contributed by atoms with van der Waals surface area (Å²) >= 11 is 3.20.